The first-order valence-corrected chi connectivity index (χ1v) is 9.72. The second-order valence-corrected chi connectivity index (χ2v) is 8.07. The number of nitrogens with zero attached hydrogens (tertiary/aromatic N) is 1. The van der Waals surface area contributed by atoms with Crippen LogP contribution in [0.25, 0.3) is 0 Å². The highest BCUT2D eigenvalue weighted by molar-refractivity contribution is 7.92. The number of aryl methyl sites for hydroxylation is 2. The largest absolute Gasteiger partial charge is 0.264 e. The summed E-state index contributed by atoms with van der Waals surface area (Å²) in [7, 11) is -3.84. The van der Waals surface area contributed by atoms with Crippen LogP contribution in [-0.2, 0) is 16.6 Å². The summed E-state index contributed by atoms with van der Waals surface area (Å²) < 4.78 is 42.1. The van der Waals surface area contributed by atoms with Gasteiger partial charge in [-0.15, -0.1) is 0 Å². The van der Waals surface area contributed by atoms with E-state index in [1.165, 1.54) is 10.4 Å². The lowest BCUT2D eigenvalue weighted by Gasteiger charge is -2.27. The first-order valence-electron chi connectivity index (χ1n) is 8.28. The SMILES string of the molecule is Cc1ccc(C)c(N(Cc2ccccc2F)S(=O)(=O)c2ccccc2)c1. The molecule has 0 aliphatic rings. The van der Waals surface area contributed by atoms with Crippen molar-refractivity contribution in [3.8, 4) is 0 Å². The Hall–Kier alpha value is -2.66. The van der Waals surface area contributed by atoms with Crippen LogP contribution in [-0.4, -0.2) is 8.42 Å². The molecule has 3 aromatic rings. The van der Waals surface area contributed by atoms with Crippen molar-refractivity contribution in [1.82, 2.24) is 0 Å². The first-order chi connectivity index (χ1) is 12.4. The molecule has 0 unspecified atom stereocenters. The zero-order valence-corrected chi connectivity index (χ0v) is 15.5. The van der Waals surface area contributed by atoms with E-state index < -0.39 is 15.8 Å². The fourth-order valence-electron chi connectivity index (χ4n) is 2.79. The number of halogens is 1. The van der Waals surface area contributed by atoms with Crippen LogP contribution in [0, 0.1) is 19.7 Å². The number of hydrogen-bond donors (Lipinski definition) is 0. The van der Waals surface area contributed by atoms with E-state index in [0.717, 1.165) is 11.1 Å². The van der Waals surface area contributed by atoms with Gasteiger partial charge in [0.1, 0.15) is 5.82 Å². The average molecular weight is 369 g/mol. The molecule has 0 saturated heterocycles. The van der Waals surface area contributed by atoms with Crippen LogP contribution in [0.3, 0.4) is 0 Å². The molecule has 0 aliphatic heterocycles. The standard InChI is InChI=1S/C21H20FNO2S/c1-16-12-13-17(2)21(14-16)23(15-18-8-6-7-11-20(18)22)26(24,25)19-9-4-3-5-10-19/h3-14H,15H2,1-2H3. The topological polar surface area (TPSA) is 37.4 Å². The summed E-state index contributed by atoms with van der Waals surface area (Å²) in [4.78, 5) is 0.178. The molecule has 0 spiro atoms. The van der Waals surface area contributed by atoms with Crippen molar-refractivity contribution in [2.24, 2.45) is 0 Å². The Morgan fingerprint density at radius 1 is 0.885 bits per heavy atom. The van der Waals surface area contributed by atoms with Crippen molar-refractivity contribution in [1.29, 1.82) is 0 Å². The molecule has 0 radical (unpaired) electrons. The zero-order valence-electron chi connectivity index (χ0n) is 14.7. The van der Waals surface area contributed by atoms with E-state index in [1.54, 1.807) is 48.5 Å². The summed E-state index contributed by atoms with van der Waals surface area (Å²) in [5.41, 5.74) is 2.63. The fraction of sp³-hybridized carbons (Fsp3) is 0.143. The third-order valence-electron chi connectivity index (χ3n) is 4.24. The predicted molar refractivity (Wildman–Crippen MR) is 102 cm³/mol. The van der Waals surface area contributed by atoms with E-state index in [1.807, 2.05) is 32.0 Å². The molecule has 0 aliphatic carbocycles. The minimum atomic E-state index is -3.84. The third kappa shape index (κ3) is 3.63. The minimum absolute atomic E-state index is 0.0752. The van der Waals surface area contributed by atoms with Gasteiger partial charge in [0.15, 0.2) is 0 Å². The summed E-state index contributed by atoms with van der Waals surface area (Å²) in [5.74, 6) is -0.425. The Balaban J connectivity index is 2.16. The van der Waals surface area contributed by atoms with Crippen LogP contribution in [0.15, 0.2) is 77.7 Å². The number of anilines is 1. The van der Waals surface area contributed by atoms with Gasteiger partial charge in [-0.05, 0) is 49.2 Å². The maximum absolute atomic E-state index is 14.2. The maximum atomic E-state index is 14.2. The molecule has 0 saturated carbocycles. The summed E-state index contributed by atoms with van der Waals surface area (Å²) in [6, 6.07) is 20.1. The molecule has 3 rings (SSSR count). The van der Waals surface area contributed by atoms with Gasteiger partial charge < -0.3 is 0 Å². The van der Waals surface area contributed by atoms with Crippen molar-refractivity contribution in [2.75, 3.05) is 4.31 Å². The molecule has 0 heterocycles. The van der Waals surface area contributed by atoms with Crippen molar-refractivity contribution < 1.29 is 12.8 Å². The number of sulfonamides is 1. The first kappa shape index (κ1) is 18.1. The van der Waals surface area contributed by atoms with E-state index >= 15 is 0 Å². The molecule has 0 amide bonds. The van der Waals surface area contributed by atoms with E-state index in [4.69, 9.17) is 0 Å². The average Bonchev–Trinajstić information content (AvgIpc) is 2.64. The van der Waals surface area contributed by atoms with Crippen LogP contribution >= 0.6 is 0 Å². The maximum Gasteiger partial charge on any atom is 0.264 e. The van der Waals surface area contributed by atoms with Gasteiger partial charge in [0.2, 0.25) is 0 Å². The Morgan fingerprint density at radius 3 is 2.23 bits per heavy atom. The fourth-order valence-corrected chi connectivity index (χ4v) is 4.31. The van der Waals surface area contributed by atoms with Crippen molar-refractivity contribution in [3.63, 3.8) is 0 Å². The summed E-state index contributed by atoms with van der Waals surface area (Å²) in [6.07, 6.45) is 0. The van der Waals surface area contributed by atoms with Crippen molar-refractivity contribution >= 4 is 15.7 Å². The van der Waals surface area contributed by atoms with Gasteiger partial charge >= 0.3 is 0 Å². The molecule has 0 bridgehead atoms. The molecule has 3 nitrogen and oxygen atoms in total. The van der Waals surface area contributed by atoms with Gasteiger partial charge in [-0.2, -0.15) is 0 Å². The van der Waals surface area contributed by atoms with Crippen LogP contribution in [0.2, 0.25) is 0 Å². The molecular formula is C21H20FNO2S. The van der Waals surface area contributed by atoms with E-state index in [0.29, 0.717) is 11.3 Å². The van der Waals surface area contributed by atoms with Crippen LogP contribution in [0.1, 0.15) is 16.7 Å². The Bertz CT molecular complexity index is 1020. The highest BCUT2D eigenvalue weighted by Gasteiger charge is 2.27. The molecule has 26 heavy (non-hydrogen) atoms. The predicted octanol–water partition coefficient (Wildman–Crippen LogP) is 4.84. The molecule has 0 atom stereocenters. The van der Waals surface area contributed by atoms with Crippen LogP contribution < -0.4 is 4.31 Å². The summed E-state index contributed by atoms with van der Waals surface area (Å²) in [6.45, 7) is 3.68. The van der Waals surface area contributed by atoms with Gasteiger partial charge in [-0.3, -0.25) is 4.31 Å². The molecular weight excluding hydrogens is 349 g/mol. The molecule has 0 fully saturated rings. The number of hydrogen-bond acceptors (Lipinski definition) is 2. The van der Waals surface area contributed by atoms with E-state index in [9.17, 15) is 12.8 Å². The quantitative estimate of drug-likeness (QED) is 0.645. The lowest BCUT2D eigenvalue weighted by atomic mass is 10.1. The molecule has 0 N–H and O–H groups in total. The summed E-state index contributed by atoms with van der Waals surface area (Å²) in [5, 5.41) is 0. The number of benzene rings is 3. The smallest absolute Gasteiger partial charge is 0.262 e. The lowest BCUT2D eigenvalue weighted by Crippen LogP contribution is -2.31. The molecule has 3 aromatic carbocycles. The van der Waals surface area contributed by atoms with Crippen molar-refractivity contribution in [3.05, 3.63) is 95.3 Å². The highest BCUT2D eigenvalue weighted by atomic mass is 32.2. The normalized spacial score (nSPS) is 11.3. The van der Waals surface area contributed by atoms with E-state index in [2.05, 4.69) is 0 Å². The Morgan fingerprint density at radius 2 is 1.54 bits per heavy atom. The molecule has 0 aromatic heterocycles. The number of rotatable bonds is 5. The second-order valence-electron chi connectivity index (χ2n) is 6.21. The van der Waals surface area contributed by atoms with Gasteiger partial charge in [-0.25, -0.2) is 12.8 Å². The van der Waals surface area contributed by atoms with Gasteiger partial charge in [-0.1, -0.05) is 48.5 Å². The van der Waals surface area contributed by atoms with Crippen LogP contribution in [0.5, 0.6) is 0 Å². The Kier molecular flexibility index (Phi) is 5.09. The van der Waals surface area contributed by atoms with Crippen LogP contribution in [0.4, 0.5) is 10.1 Å². The van der Waals surface area contributed by atoms with Gasteiger partial charge in [0, 0.05) is 5.56 Å². The monoisotopic (exact) mass is 369 g/mol. The Labute approximate surface area is 153 Å². The van der Waals surface area contributed by atoms with Gasteiger partial charge in [0.25, 0.3) is 10.0 Å². The van der Waals surface area contributed by atoms with E-state index in [-0.39, 0.29) is 11.4 Å². The highest BCUT2D eigenvalue weighted by Crippen LogP contribution is 2.30. The lowest BCUT2D eigenvalue weighted by molar-refractivity contribution is 0.585. The van der Waals surface area contributed by atoms with Gasteiger partial charge in [0.05, 0.1) is 17.1 Å². The second kappa shape index (κ2) is 7.30. The zero-order chi connectivity index (χ0) is 18.7. The minimum Gasteiger partial charge on any atom is -0.262 e. The van der Waals surface area contributed by atoms with Crippen molar-refractivity contribution in [2.45, 2.75) is 25.3 Å². The third-order valence-corrected chi connectivity index (χ3v) is 6.01. The summed E-state index contributed by atoms with van der Waals surface area (Å²) >= 11 is 0. The molecule has 5 heteroatoms. The molecule has 134 valence electrons.